The molecule has 0 radical (unpaired) electrons. The molecule has 13 heteroatoms. The number of aromatic nitrogens is 3. The molecule has 2 aromatic heterocycles. The number of amides is 1. The first-order valence-corrected chi connectivity index (χ1v) is 11.2. The number of ether oxygens (including phenoxy) is 1. The van der Waals surface area contributed by atoms with E-state index in [1.54, 1.807) is 32.9 Å². The minimum atomic E-state index is -4.52. The smallest absolute Gasteiger partial charge is 0.410 e. The van der Waals surface area contributed by atoms with Gasteiger partial charge in [0.1, 0.15) is 18.0 Å². The predicted octanol–water partition coefficient (Wildman–Crippen LogP) is 4.95. The summed E-state index contributed by atoms with van der Waals surface area (Å²) in [6.45, 7) is 3.75. The lowest BCUT2D eigenvalue weighted by atomic mass is 10.1. The lowest BCUT2D eigenvalue weighted by molar-refractivity contribution is -0.139. The van der Waals surface area contributed by atoms with E-state index < -0.39 is 30.2 Å². The van der Waals surface area contributed by atoms with Crippen molar-refractivity contribution >= 4 is 22.7 Å². The average molecular weight is 510 g/mol. The van der Waals surface area contributed by atoms with Crippen LogP contribution in [0.4, 0.5) is 28.0 Å². The molecule has 0 bridgehead atoms. The summed E-state index contributed by atoms with van der Waals surface area (Å²) in [5.41, 5.74) is 5.73. The third-order valence-electron chi connectivity index (χ3n) is 5.38. The molecule has 0 fully saturated rings. The van der Waals surface area contributed by atoms with E-state index in [1.807, 2.05) is 0 Å². The number of rotatable bonds is 5. The van der Waals surface area contributed by atoms with Crippen LogP contribution in [0.1, 0.15) is 33.1 Å². The first-order chi connectivity index (χ1) is 16.8. The van der Waals surface area contributed by atoms with Crippen LogP contribution in [0, 0.1) is 0 Å². The second kappa shape index (κ2) is 9.45. The van der Waals surface area contributed by atoms with Gasteiger partial charge in [-0.1, -0.05) is 11.2 Å². The number of benzene rings is 1. The van der Waals surface area contributed by atoms with Crippen molar-refractivity contribution < 1.29 is 31.6 Å². The van der Waals surface area contributed by atoms with Gasteiger partial charge in [-0.3, -0.25) is 0 Å². The van der Waals surface area contributed by atoms with Crippen molar-refractivity contribution in [3.8, 4) is 11.5 Å². The molecular weight excluding hydrogens is 484 g/mol. The van der Waals surface area contributed by atoms with Gasteiger partial charge in [-0.25, -0.2) is 9.18 Å². The third-order valence-corrected chi connectivity index (χ3v) is 5.38. The topological polar surface area (TPSA) is 111 Å². The van der Waals surface area contributed by atoms with Gasteiger partial charge in [0.25, 0.3) is 0 Å². The monoisotopic (exact) mass is 510 g/mol. The molecule has 1 amide bonds. The fourth-order valence-corrected chi connectivity index (χ4v) is 3.87. The summed E-state index contributed by atoms with van der Waals surface area (Å²) in [6.07, 6.45) is -4.97. The first-order valence-electron chi connectivity index (χ1n) is 11.2. The molecule has 36 heavy (non-hydrogen) atoms. The quantitative estimate of drug-likeness (QED) is 0.468. The van der Waals surface area contributed by atoms with Gasteiger partial charge < -0.3 is 29.8 Å². The Morgan fingerprint density at radius 3 is 2.64 bits per heavy atom. The Morgan fingerprint density at radius 2 is 2.03 bits per heavy atom. The summed E-state index contributed by atoms with van der Waals surface area (Å²) in [6, 6.07) is 6.21. The van der Waals surface area contributed by atoms with Crippen LogP contribution in [0.25, 0.3) is 22.4 Å². The predicted molar refractivity (Wildman–Crippen MR) is 123 cm³/mol. The molecule has 3 aromatic rings. The summed E-state index contributed by atoms with van der Waals surface area (Å²) in [4.78, 5) is 17.6. The van der Waals surface area contributed by atoms with E-state index in [4.69, 9.17) is 15.0 Å². The summed E-state index contributed by atoms with van der Waals surface area (Å²) in [5.74, 6) is -0.529. The number of fused-ring (bicyclic) bond motifs is 1. The molecule has 194 valence electrons. The van der Waals surface area contributed by atoms with Gasteiger partial charge in [0.2, 0.25) is 11.7 Å². The van der Waals surface area contributed by atoms with E-state index in [-0.39, 0.29) is 54.7 Å². The number of hydrogen-bond acceptors (Lipinski definition) is 7. The van der Waals surface area contributed by atoms with E-state index in [2.05, 4.69) is 15.5 Å². The van der Waals surface area contributed by atoms with Crippen molar-refractivity contribution in [3.05, 3.63) is 41.7 Å². The molecule has 1 aliphatic heterocycles. The third kappa shape index (κ3) is 5.61. The Bertz CT molecular complexity index is 1310. The first kappa shape index (κ1) is 25.5. The number of anilines is 1. The molecule has 1 aromatic carbocycles. The number of nitrogens with two attached hydrogens (primary N) is 1. The van der Waals surface area contributed by atoms with Crippen LogP contribution in [-0.2, 0) is 17.8 Å². The number of carbonyl (C=O) groups is 1. The fraction of sp³-hybridized carbons (Fsp3) is 0.435. The van der Waals surface area contributed by atoms with E-state index in [0.717, 1.165) is 4.57 Å². The Hall–Kier alpha value is -3.61. The van der Waals surface area contributed by atoms with Crippen LogP contribution >= 0.6 is 0 Å². The maximum Gasteiger partial charge on any atom is 0.410 e. The molecular formula is C23H26F4N6O3. The molecule has 0 saturated heterocycles. The minimum absolute atomic E-state index is 0.0436. The van der Waals surface area contributed by atoms with E-state index >= 15 is 0 Å². The molecule has 3 N–H and O–H groups in total. The van der Waals surface area contributed by atoms with Crippen molar-refractivity contribution in [2.45, 2.75) is 52.1 Å². The van der Waals surface area contributed by atoms with Crippen molar-refractivity contribution in [3.63, 3.8) is 0 Å². The molecule has 1 aliphatic rings. The Labute approximate surface area is 203 Å². The van der Waals surface area contributed by atoms with Gasteiger partial charge in [-0.15, -0.1) is 0 Å². The number of halogens is 4. The summed E-state index contributed by atoms with van der Waals surface area (Å²) >= 11 is 0. The summed E-state index contributed by atoms with van der Waals surface area (Å²) in [7, 11) is 0. The van der Waals surface area contributed by atoms with Crippen molar-refractivity contribution in [1.29, 1.82) is 0 Å². The summed E-state index contributed by atoms with van der Waals surface area (Å²) in [5, 5.41) is 7.17. The zero-order chi connectivity index (χ0) is 26.3. The lowest BCUT2D eigenvalue weighted by Gasteiger charge is -2.30. The van der Waals surface area contributed by atoms with Crippen LogP contribution in [0.3, 0.4) is 0 Å². The van der Waals surface area contributed by atoms with Crippen LogP contribution in [0.15, 0.2) is 40.3 Å². The molecule has 3 heterocycles. The molecule has 0 saturated carbocycles. The summed E-state index contributed by atoms with van der Waals surface area (Å²) < 4.78 is 66.5. The SMILES string of the molecule is CC(C)(C)OC(=O)N1CCC(Nc2cccc3c2cc(-c2noc(CN)n2)n3CC(F)(F)F)=C(F)C1. The normalized spacial score (nSPS) is 15.1. The molecule has 0 spiro atoms. The largest absolute Gasteiger partial charge is 0.444 e. The zero-order valence-electron chi connectivity index (χ0n) is 19.9. The minimum Gasteiger partial charge on any atom is -0.444 e. The van der Waals surface area contributed by atoms with Crippen molar-refractivity contribution in [2.75, 3.05) is 18.4 Å². The number of carbonyl (C=O) groups excluding carboxylic acids is 1. The zero-order valence-corrected chi connectivity index (χ0v) is 19.9. The number of nitrogens with zero attached hydrogens (tertiary/aromatic N) is 4. The van der Waals surface area contributed by atoms with E-state index in [9.17, 15) is 22.4 Å². The number of hydrogen-bond donors (Lipinski definition) is 2. The lowest BCUT2D eigenvalue weighted by Crippen LogP contribution is -2.40. The standard InChI is InChI=1S/C23H26F4N6O3/c1-22(2,3)35-21(34)32-8-7-16(14(24)11-32)29-15-5-4-6-17-13(15)9-18(33(17)12-23(25,26)27)20-30-19(10-28)36-31-20/h4-6,9,29H,7-8,10-12,28H2,1-3H3. The van der Waals surface area contributed by atoms with Crippen molar-refractivity contribution in [1.82, 2.24) is 19.6 Å². The highest BCUT2D eigenvalue weighted by Gasteiger charge is 2.32. The van der Waals surface area contributed by atoms with Crippen LogP contribution in [-0.4, -0.2) is 50.6 Å². The van der Waals surface area contributed by atoms with Gasteiger partial charge >= 0.3 is 12.3 Å². The van der Waals surface area contributed by atoms with Gasteiger partial charge in [0, 0.05) is 24.0 Å². The Morgan fingerprint density at radius 1 is 1.28 bits per heavy atom. The average Bonchev–Trinajstić information content (AvgIpc) is 3.38. The molecule has 0 aliphatic carbocycles. The maximum atomic E-state index is 15.0. The highest BCUT2D eigenvalue weighted by atomic mass is 19.4. The molecule has 9 nitrogen and oxygen atoms in total. The Balaban J connectivity index is 1.67. The highest BCUT2D eigenvalue weighted by molar-refractivity contribution is 5.96. The maximum absolute atomic E-state index is 15.0. The van der Waals surface area contributed by atoms with Gasteiger partial charge in [-0.2, -0.15) is 18.2 Å². The highest BCUT2D eigenvalue weighted by Crippen LogP contribution is 2.35. The van der Waals surface area contributed by atoms with E-state index in [0.29, 0.717) is 11.1 Å². The number of nitrogens with one attached hydrogen (secondary N) is 1. The van der Waals surface area contributed by atoms with Gasteiger partial charge in [0.15, 0.2) is 0 Å². The van der Waals surface area contributed by atoms with Crippen LogP contribution < -0.4 is 11.1 Å². The Kier molecular flexibility index (Phi) is 6.69. The van der Waals surface area contributed by atoms with E-state index in [1.165, 1.54) is 17.0 Å². The number of alkyl halides is 3. The molecule has 0 atom stereocenters. The molecule has 4 rings (SSSR count). The van der Waals surface area contributed by atoms with Crippen molar-refractivity contribution in [2.24, 2.45) is 5.73 Å². The fourth-order valence-electron chi connectivity index (χ4n) is 3.87. The second-order valence-corrected chi connectivity index (χ2v) is 9.35. The second-order valence-electron chi connectivity index (χ2n) is 9.35. The van der Waals surface area contributed by atoms with Crippen LogP contribution in [0.5, 0.6) is 0 Å². The van der Waals surface area contributed by atoms with Crippen LogP contribution in [0.2, 0.25) is 0 Å². The van der Waals surface area contributed by atoms with Gasteiger partial charge in [0.05, 0.1) is 30.0 Å². The molecule has 0 unspecified atom stereocenters. The van der Waals surface area contributed by atoms with Gasteiger partial charge in [-0.05, 0) is 39.0 Å².